The number of anilines is 1. The van der Waals surface area contributed by atoms with Crippen molar-refractivity contribution < 1.29 is 18.4 Å². The summed E-state index contributed by atoms with van der Waals surface area (Å²) in [6, 6.07) is 5.85. The molecule has 0 radical (unpaired) electrons. The Morgan fingerprint density at radius 3 is 2.21 bits per heavy atom. The molecule has 0 saturated heterocycles. The zero-order valence-corrected chi connectivity index (χ0v) is 20.3. The van der Waals surface area contributed by atoms with Crippen molar-refractivity contribution in [2.75, 3.05) is 25.4 Å². The summed E-state index contributed by atoms with van der Waals surface area (Å²) >= 11 is 0. The van der Waals surface area contributed by atoms with Gasteiger partial charge in [-0.05, 0) is 41.2 Å². The van der Waals surface area contributed by atoms with Crippen molar-refractivity contribution in [2.24, 2.45) is 11.8 Å². The van der Waals surface area contributed by atoms with E-state index in [1.165, 1.54) is 6.07 Å². The highest BCUT2D eigenvalue weighted by atomic mass is 19.2. The zero-order valence-electron chi connectivity index (χ0n) is 20.3. The van der Waals surface area contributed by atoms with Crippen LogP contribution in [0.1, 0.15) is 38.8 Å². The first kappa shape index (κ1) is 27.2. The van der Waals surface area contributed by atoms with Crippen LogP contribution >= 0.6 is 0 Å². The molecule has 2 aromatic rings. The highest BCUT2D eigenvalue weighted by Crippen LogP contribution is 2.12. The highest BCUT2D eigenvalue weighted by molar-refractivity contribution is 5.88. The fraction of sp³-hybridized carbons (Fsp3) is 0.480. The molecule has 0 unspecified atom stereocenters. The van der Waals surface area contributed by atoms with Gasteiger partial charge < -0.3 is 16.4 Å². The SMILES string of the molecule is CC(C)CN(CC(=O)N[C@@H](Cc1ccc(F)c(F)c1)C(=O)NCc1ccc(N)nc1)CC(C)C. The second-order valence-corrected chi connectivity index (χ2v) is 9.36. The molecule has 0 aliphatic heterocycles. The molecule has 0 saturated carbocycles. The van der Waals surface area contributed by atoms with Crippen LogP contribution < -0.4 is 16.4 Å². The Morgan fingerprint density at radius 1 is 1.00 bits per heavy atom. The van der Waals surface area contributed by atoms with Crippen LogP contribution in [0.3, 0.4) is 0 Å². The molecule has 1 aromatic heterocycles. The number of nitrogens with zero attached hydrogens (tertiary/aromatic N) is 2. The quantitative estimate of drug-likeness (QED) is 0.438. The van der Waals surface area contributed by atoms with Crippen LogP contribution in [0.25, 0.3) is 0 Å². The van der Waals surface area contributed by atoms with E-state index < -0.39 is 23.6 Å². The van der Waals surface area contributed by atoms with Gasteiger partial charge in [0.2, 0.25) is 11.8 Å². The van der Waals surface area contributed by atoms with E-state index in [0.717, 1.165) is 30.8 Å². The molecule has 186 valence electrons. The van der Waals surface area contributed by atoms with Gasteiger partial charge in [-0.3, -0.25) is 14.5 Å². The van der Waals surface area contributed by atoms with Gasteiger partial charge in [-0.25, -0.2) is 13.8 Å². The molecule has 1 aromatic carbocycles. The molecular weight excluding hydrogens is 440 g/mol. The third-order valence-corrected chi connectivity index (χ3v) is 5.00. The minimum absolute atomic E-state index is 0.0170. The van der Waals surface area contributed by atoms with Crippen LogP contribution in [0.4, 0.5) is 14.6 Å². The monoisotopic (exact) mass is 475 g/mol. The van der Waals surface area contributed by atoms with E-state index >= 15 is 0 Å². The molecule has 9 heteroatoms. The van der Waals surface area contributed by atoms with Crippen LogP contribution in [0, 0.1) is 23.5 Å². The maximum absolute atomic E-state index is 13.7. The van der Waals surface area contributed by atoms with Gasteiger partial charge in [-0.1, -0.05) is 39.8 Å². The summed E-state index contributed by atoms with van der Waals surface area (Å²) in [6.07, 6.45) is 1.57. The number of pyridine rings is 1. The third-order valence-electron chi connectivity index (χ3n) is 5.00. The molecule has 1 atom stereocenters. The average Bonchev–Trinajstić information content (AvgIpc) is 2.74. The molecule has 0 fully saturated rings. The summed E-state index contributed by atoms with van der Waals surface area (Å²) in [5, 5.41) is 5.55. The Balaban J connectivity index is 2.12. The fourth-order valence-corrected chi connectivity index (χ4v) is 3.64. The van der Waals surface area contributed by atoms with Crippen LogP contribution in [0.5, 0.6) is 0 Å². The maximum atomic E-state index is 13.7. The number of hydrogen-bond donors (Lipinski definition) is 3. The standard InChI is InChI=1S/C25H35F2N5O2/c1-16(2)13-32(14-17(3)4)15-24(33)31-22(10-18-5-7-20(26)21(27)9-18)25(34)30-12-19-6-8-23(28)29-11-19/h5-9,11,16-17,22H,10,12-15H2,1-4H3,(H2,28,29)(H,30,34)(H,31,33)/t22-/m0/s1. The Bertz CT molecular complexity index is 941. The Morgan fingerprint density at radius 2 is 1.65 bits per heavy atom. The second-order valence-electron chi connectivity index (χ2n) is 9.36. The predicted octanol–water partition coefficient (Wildman–Crippen LogP) is 2.90. The second kappa shape index (κ2) is 13.0. The molecule has 7 nitrogen and oxygen atoms in total. The van der Waals surface area contributed by atoms with E-state index in [1.54, 1.807) is 18.3 Å². The smallest absolute Gasteiger partial charge is 0.243 e. The number of nitrogen functional groups attached to an aromatic ring is 1. The van der Waals surface area contributed by atoms with Gasteiger partial charge in [0, 0.05) is 32.3 Å². The molecule has 4 N–H and O–H groups in total. The summed E-state index contributed by atoms with van der Waals surface area (Å²) in [4.78, 5) is 31.9. The molecular formula is C25H35F2N5O2. The summed E-state index contributed by atoms with van der Waals surface area (Å²) in [5.41, 5.74) is 6.72. The third kappa shape index (κ3) is 9.43. The molecule has 0 aliphatic rings. The van der Waals surface area contributed by atoms with Crippen LogP contribution in [-0.2, 0) is 22.6 Å². The van der Waals surface area contributed by atoms with Gasteiger partial charge in [0.1, 0.15) is 11.9 Å². The lowest BCUT2D eigenvalue weighted by Gasteiger charge is -2.26. The van der Waals surface area contributed by atoms with Gasteiger partial charge in [-0.2, -0.15) is 0 Å². The number of carbonyl (C=O) groups excluding carboxylic acids is 2. The topological polar surface area (TPSA) is 100 Å². The Hall–Kier alpha value is -3.07. The number of aromatic nitrogens is 1. The van der Waals surface area contributed by atoms with Gasteiger partial charge >= 0.3 is 0 Å². The number of carbonyl (C=O) groups is 2. The lowest BCUT2D eigenvalue weighted by atomic mass is 10.0. The van der Waals surface area contributed by atoms with E-state index in [1.807, 2.05) is 0 Å². The summed E-state index contributed by atoms with van der Waals surface area (Å²) < 4.78 is 27.1. The molecule has 34 heavy (non-hydrogen) atoms. The number of hydrogen-bond acceptors (Lipinski definition) is 5. The van der Waals surface area contributed by atoms with Crippen molar-refractivity contribution in [3.8, 4) is 0 Å². The molecule has 1 heterocycles. The highest BCUT2D eigenvalue weighted by Gasteiger charge is 2.23. The normalized spacial score (nSPS) is 12.3. The Labute approximate surface area is 200 Å². The number of rotatable bonds is 12. The van der Waals surface area contributed by atoms with Gasteiger partial charge in [-0.15, -0.1) is 0 Å². The van der Waals surface area contributed by atoms with Gasteiger partial charge in [0.05, 0.1) is 6.54 Å². The van der Waals surface area contributed by atoms with Crippen molar-refractivity contribution in [3.05, 3.63) is 59.3 Å². The molecule has 0 bridgehead atoms. The minimum atomic E-state index is -1.00. The lowest BCUT2D eigenvalue weighted by molar-refractivity contribution is -0.129. The van der Waals surface area contributed by atoms with Gasteiger partial charge in [0.15, 0.2) is 11.6 Å². The number of halogens is 2. The van der Waals surface area contributed by atoms with Crippen molar-refractivity contribution in [1.82, 2.24) is 20.5 Å². The minimum Gasteiger partial charge on any atom is -0.384 e. The molecule has 0 spiro atoms. The van der Waals surface area contributed by atoms with E-state index in [4.69, 9.17) is 5.73 Å². The van der Waals surface area contributed by atoms with Crippen LogP contribution in [0.2, 0.25) is 0 Å². The summed E-state index contributed by atoms with van der Waals surface area (Å²) in [6.45, 7) is 10.1. The van der Waals surface area contributed by atoms with Crippen molar-refractivity contribution >= 4 is 17.6 Å². The lowest BCUT2D eigenvalue weighted by Crippen LogP contribution is -2.51. The van der Waals surface area contributed by atoms with Crippen LogP contribution in [-0.4, -0.2) is 47.4 Å². The van der Waals surface area contributed by atoms with E-state index in [9.17, 15) is 18.4 Å². The summed E-state index contributed by atoms with van der Waals surface area (Å²) in [5.74, 6) is -1.60. The summed E-state index contributed by atoms with van der Waals surface area (Å²) in [7, 11) is 0. The van der Waals surface area contributed by atoms with Crippen molar-refractivity contribution in [1.29, 1.82) is 0 Å². The van der Waals surface area contributed by atoms with Crippen LogP contribution in [0.15, 0.2) is 36.5 Å². The van der Waals surface area contributed by atoms with E-state index in [-0.39, 0.29) is 25.4 Å². The number of amides is 2. The molecule has 2 rings (SSSR count). The van der Waals surface area contributed by atoms with E-state index in [0.29, 0.717) is 23.2 Å². The fourth-order valence-electron chi connectivity index (χ4n) is 3.64. The predicted molar refractivity (Wildman–Crippen MR) is 129 cm³/mol. The van der Waals surface area contributed by atoms with Crippen molar-refractivity contribution in [3.63, 3.8) is 0 Å². The molecule has 0 aliphatic carbocycles. The van der Waals surface area contributed by atoms with Crippen molar-refractivity contribution in [2.45, 2.75) is 46.7 Å². The first-order valence-electron chi connectivity index (χ1n) is 11.5. The van der Waals surface area contributed by atoms with Gasteiger partial charge in [0.25, 0.3) is 0 Å². The largest absolute Gasteiger partial charge is 0.384 e. The maximum Gasteiger partial charge on any atom is 0.243 e. The van der Waals surface area contributed by atoms with E-state index in [2.05, 4.69) is 48.2 Å². The first-order valence-corrected chi connectivity index (χ1v) is 11.5. The number of nitrogens with two attached hydrogens (primary N) is 1. The number of benzene rings is 1. The molecule has 2 amide bonds. The Kier molecular flexibility index (Phi) is 10.4. The number of nitrogens with one attached hydrogen (secondary N) is 2. The first-order chi connectivity index (χ1) is 16.0. The average molecular weight is 476 g/mol. The zero-order chi connectivity index (χ0) is 25.3.